The molecule has 70 heavy (non-hydrogen) atoms. The van der Waals surface area contributed by atoms with Gasteiger partial charge in [0.15, 0.2) is 36.8 Å². The maximum Gasteiger partial charge on any atom is 0.338 e. The van der Waals surface area contributed by atoms with E-state index in [0.29, 0.717) is 0 Å². The van der Waals surface area contributed by atoms with Crippen molar-refractivity contribution >= 4 is 29.8 Å². The molecule has 10 atom stereocenters. The zero-order chi connectivity index (χ0) is 48.8. The van der Waals surface area contributed by atoms with Crippen molar-refractivity contribution in [3.63, 3.8) is 0 Å². The van der Waals surface area contributed by atoms with Crippen molar-refractivity contribution < 1.29 is 76.1 Å². The van der Waals surface area contributed by atoms with Crippen LogP contribution in [0.1, 0.15) is 57.4 Å². The van der Waals surface area contributed by atoms with E-state index in [0.717, 1.165) is 5.56 Å². The normalized spacial score (nSPS) is 22.5. The number of alkyl halides is 1. The van der Waals surface area contributed by atoms with Gasteiger partial charge in [0.25, 0.3) is 0 Å². The summed E-state index contributed by atoms with van der Waals surface area (Å²) in [6.07, 6.45) is -17.7. The quantitative estimate of drug-likeness (QED) is 0.0638. The summed E-state index contributed by atoms with van der Waals surface area (Å²) >= 11 is 0. The fraction of sp³-hybridized carbons (Fsp3) is 0.241. The maximum atomic E-state index is 16.5. The lowest BCUT2D eigenvalue weighted by molar-refractivity contribution is -0.239. The van der Waals surface area contributed by atoms with E-state index >= 15 is 4.39 Å². The van der Waals surface area contributed by atoms with Crippen molar-refractivity contribution in [3.05, 3.63) is 215 Å². The van der Waals surface area contributed by atoms with Crippen LogP contribution in [0.15, 0.2) is 182 Å². The summed E-state index contributed by atoms with van der Waals surface area (Å²) in [7, 11) is 0. The molecule has 0 aromatic heterocycles. The van der Waals surface area contributed by atoms with Crippen LogP contribution in [0, 0.1) is 0 Å². The molecular weight excluding hydrogens is 908 g/mol. The largest absolute Gasteiger partial charge is 0.453 e. The van der Waals surface area contributed by atoms with Crippen molar-refractivity contribution in [2.45, 2.75) is 68.1 Å². The molecule has 0 amide bonds. The van der Waals surface area contributed by atoms with E-state index in [9.17, 15) is 29.1 Å². The monoisotopic (exact) mass is 954 g/mol. The maximum absolute atomic E-state index is 16.5. The molecule has 1 N–H and O–H groups in total. The average Bonchev–Trinajstić information content (AvgIpc) is 3.89. The molecule has 2 aliphatic rings. The van der Waals surface area contributed by atoms with Crippen LogP contribution in [0.4, 0.5) is 4.39 Å². The van der Waals surface area contributed by atoms with E-state index in [4.69, 9.17) is 42.6 Å². The number of carbonyl (C=O) groups is 5. The first kappa shape index (κ1) is 48.8. The lowest BCUT2D eigenvalue weighted by Crippen LogP contribution is -2.49. The highest BCUT2D eigenvalue weighted by molar-refractivity contribution is 5.92. The summed E-state index contributed by atoms with van der Waals surface area (Å²) in [5.74, 6) is -4.59. The molecule has 2 aliphatic heterocycles. The van der Waals surface area contributed by atoms with Gasteiger partial charge in [-0.1, -0.05) is 121 Å². The topological polar surface area (TPSA) is 189 Å². The highest BCUT2D eigenvalue weighted by atomic mass is 19.1. The molecule has 8 rings (SSSR count). The van der Waals surface area contributed by atoms with Gasteiger partial charge in [-0.15, -0.1) is 0 Å². The van der Waals surface area contributed by atoms with Gasteiger partial charge >= 0.3 is 29.8 Å². The second-order valence-electron chi connectivity index (χ2n) is 16.0. The van der Waals surface area contributed by atoms with Crippen molar-refractivity contribution in [2.75, 3.05) is 13.2 Å². The number of rotatable bonds is 19. The molecule has 360 valence electrons. The third-order valence-corrected chi connectivity index (χ3v) is 11.3. The predicted octanol–water partition coefficient (Wildman–Crippen LogP) is 7.13. The minimum atomic E-state index is -2.41. The first-order valence-corrected chi connectivity index (χ1v) is 22.3. The van der Waals surface area contributed by atoms with Crippen LogP contribution >= 0.6 is 0 Å². The number of esters is 5. The second kappa shape index (κ2) is 23.6. The standard InChI is InChI=1S/C54H47FO15/c55-48-46(68-52(60)38-27-15-5-16-28-38)44(66-50(58)36-23-11-3-12-24-36)43(65-48)41(33-62-32-34-19-7-1-8-20-34)64-54-47(69-53(61)39-29-17-6-18-30-39)45(67-51(59)37-25-13-4-14-26-37)42(70-54)40(31-56)63-49(57)35-21-9-2-10-22-35/h1-30,40-48,54,56H,31-33H2/t40-,41-,42+,43+,44+,45+,46-,47-,48-,54-/m1/s1. The Hall–Kier alpha value is -7.60. The van der Waals surface area contributed by atoms with Crippen molar-refractivity contribution in [1.29, 1.82) is 0 Å². The lowest BCUT2D eigenvalue weighted by Gasteiger charge is -2.31. The molecule has 2 saturated heterocycles. The van der Waals surface area contributed by atoms with Crippen molar-refractivity contribution in [1.82, 2.24) is 0 Å². The SMILES string of the molecule is O=C(O[C@@H]1[C@@H](OC(=O)c2ccccc2)[C@H](F)O[C@H]1[C@@H](COCc1ccccc1)O[C@@H]1O[C@@H]([C@@H](CO)OC(=O)c2ccccc2)[C@H](OC(=O)c2ccccc2)[C@H]1OC(=O)c1ccccc1)c1ccccc1. The van der Waals surface area contributed by atoms with Gasteiger partial charge in [-0.05, 0) is 66.2 Å². The number of benzene rings is 6. The second-order valence-corrected chi connectivity index (χ2v) is 16.0. The Labute approximate surface area is 401 Å². The van der Waals surface area contributed by atoms with Gasteiger partial charge in [0.2, 0.25) is 6.36 Å². The van der Waals surface area contributed by atoms with Gasteiger partial charge in [0, 0.05) is 0 Å². The molecule has 15 nitrogen and oxygen atoms in total. The molecule has 0 saturated carbocycles. The first-order valence-electron chi connectivity index (χ1n) is 22.3. The predicted molar refractivity (Wildman–Crippen MR) is 245 cm³/mol. The number of halogens is 1. The van der Waals surface area contributed by atoms with E-state index in [1.165, 1.54) is 60.7 Å². The van der Waals surface area contributed by atoms with Crippen molar-refractivity contribution in [2.24, 2.45) is 0 Å². The van der Waals surface area contributed by atoms with E-state index in [1.807, 2.05) is 6.07 Å². The van der Waals surface area contributed by atoms with Gasteiger partial charge in [-0.3, -0.25) is 0 Å². The Kier molecular flexibility index (Phi) is 16.5. The molecule has 0 radical (unpaired) electrons. The summed E-state index contributed by atoms with van der Waals surface area (Å²) in [5, 5.41) is 10.9. The molecule has 16 heteroatoms. The summed E-state index contributed by atoms with van der Waals surface area (Å²) in [5.41, 5.74) is 1.15. The molecule has 0 bridgehead atoms. The average molecular weight is 955 g/mol. The number of aliphatic hydroxyl groups is 1. The molecule has 0 spiro atoms. The van der Waals surface area contributed by atoms with Crippen LogP contribution in [0.25, 0.3) is 0 Å². The minimum absolute atomic E-state index is 0.0206. The molecule has 6 aromatic carbocycles. The van der Waals surface area contributed by atoms with Crippen LogP contribution in [0.3, 0.4) is 0 Å². The van der Waals surface area contributed by atoms with E-state index < -0.39 is 105 Å². The smallest absolute Gasteiger partial charge is 0.338 e. The van der Waals surface area contributed by atoms with Gasteiger partial charge < -0.3 is 47.7 Å². The van der Waals surface area contributed by atoms with Crippen LogP contribution in [-0.2, 0) is 49.2 Å². The van der Waals surface area contributed by atoms with Gasteiger partial charge in [-0.25, -0.2) is 28.4 Å². The Morgan fingerprint density at radius 2 is 0.814 bits per heavy atom. The van der Waals surface area contributed by atoms with Crippen LogP contribution in [0.5, 0.6) is 0 Å². The minimum Gasteiger partial charge on any atom is -0.453 e. The molecule has 0 aliphatic carbocycles. The Morgan fingerprint density at radius 3 is 1.24 bits per heavy atom. The third-order valence-electron chi connectivity index (χ3n) is 11.3. The molecule has 2 fully saturated rings. The van der Waals surface area contributed by atoms with Gasteiger partial charge in [0.1, 0.15) is 18.3 Å². The van der Waals surface area contributed by atoms with E-state index in [2.05, 4.69) is 0 Å². The molecule has 0 unspecified atom stereocenters. The molecular formula is C54H47FO15. The third kappa shape index (κ3) is 12.2. The van der Waals surface area contributed by atoms with Crippen LogP contribution in [-0.4, -0.2) is 110 Å². The lowest BCUT2D eigenvalue weighted by atomic mass is 10.0. The van der Waals surface area contributed by atoms with Crippen LogP contribution < -0.4 is 0 Å². The summed E-state index contributed by atoms with van der Waals surface area (Å²) in [6, 6.07) is 48.1. The van der Waals surface area contributed by atoms with E-state index in [-0.39, 0.29) is 34.4 Å². The summed E-state index contributed by atoms with van der Waals surface area (Å²) in [4.78, 5) is 68.8. The Morgan fingerprint density at radius 1 is 0.457 bits per heavy atom. The number of hydrogen-bond acceptors (Lipinski definition) is 15. The fourth-order valence-electron chi connectivity index (χ4n) is 7.81. The summed E-state index contributed by atoms with van der Waals surface area (Å²) < 4.78 is 71.3. The Bertz CT molecular complexity index is 2650. The fourth-order valence-corrected chi connectivity index (χ4v) is 7.81. The summed E-state index contributed by atoms with van der Waals surface area (Å²) in [6.45, 7) is -1.37. The molecule has 6 aromatic rings. The van der Waals surface area contributed by atoms with E-state index in [1.54, 1.807) is 115 Å². The highest BCUT2D eigenvalue weighted by Gasteiger charge is 2.58. The first-order chi connectivity index (χ1) is 34.2. The van der Waals surface area contributed by atoms with Gasteiger partial charge in [-0.2, -0.15) is 0 Å². The van der Waals surface area contributed by atoms with Gasteiger partial charge in [0.05, 0.1) is 47.6 Å². The number of carbonyl (C=O) groups excluding carboxylic acids is 5. The number of hydrogen-bond donors (Lipinski definition) is 1. The molecule has 2 heterocycles. The number of aliphatic hydroxyl groups excluding tert-OH is 1. The van der Waals surface area contributed by atoms with Crippen LogP contribution in [0.2, 0.25) is 0 Å². The number of ether oxygens (including phenoxy) is 9. The highest BCUT2D eigenvalue weighted by Crippen LogP contribution is 2.37. The zero-order valence-corrected chi connectivity index (χ0v) is 37.3. The Balaban J connectivity index is 1.19. The zero-order valence-electron chi connectivity index (χ0n) is 37.3. The van der Waals surface area contributed by atoms with Crippen molar-refractivity contribution in [3.8, 4) is 0 Å².